The maximum Gasteiger partial charge on any atom is 0.265 e. The van der Waals surface area contributed by atoms with Gasteiger partial charge in [-0.05, 0) is 40.9 Å². The summed E-state index contributed by atoms with van der Waals surface area (Å²) in [5, 5.41) is 2.73. The van der Waals surface area contributed by atoms with Crippen LogP contribution in [0.1, 0.15) is 18.9 Å². The van der Waals surface area contributed by atoms with Crippen molar-refractivity contribution in [2.75, 3.05) is 6.54 Å². The second kappa shape index (κ2) is 5.84. The van der Waals surface area contributed by atoms with Gasteiger partial charge in [-0.3, -0.25) is 9.59 Å². The molecular formula is C11H15BrN2O2. The van der Waals surface area contributed by atoms with Crippen molar-refractivity contribution in [3.8, 4) is 0 Å². The molecule has 1 aromatic rings. The van der Waals surface area contributed by atoms with E-state index in [4.69, 9.17) is 0 Å². The van der Waals surface area contributed by atoms with Gasteiger partial charge in [0.25, 0.3) is 5.56 Å². The Balaban J connectivity index is 2.81. The van der Waals surface area contributed by atoms with E-state index in [1.54, 1.807) is 12.3 Å². The minimum absolute atomic E-state index is 0.0686. The van der Waals surface area contributed by atoms with E-state index in [-0.39, 0.29) is 18.0 Å². The Kier molecular flexibility index (Phi) is 4.73. The van der Waals surface area contributed by atoms with E-state index in [1.165, 1.54) is 4.57 Å². The Morgan fingerprint density at radius 2 is 2.25 bits per heavy atom. The predicted molar refractivity (Wildman–Crippen MR) is 66.4 cm³/mol. The van der Waals surface area contributed by atoms with Crippen molar-refractivity contribution in [2.24, 2.45) is 0 Å². The highest BCUT2D eigenvalue weighted by atomic mass is 79.9. The smallest absolute Gasteiger partial charge is 0.265 e. The summed E-state index contributed by atoms with van der Waals surface area (Å²) >= 11 is 3.17. The van der Waals surface area contributed by atoms with Crippen LogP contribution < -0.4 is 10.9 Å². The number of rotatable bonds is 4. The van der Waals surface area contributed by atoms with E-state index in [0.29, 0.717) is 11.0 Å². The molecule has 0 spiro atoms. The second-order valence-corrected chi connectivity index (χ2v) is 4.50. The van der Waals surface area contributed by atoms with Gasteiger partial charge < -0.3 is 9.88 Å². The van der Waals surface area contributed by atoms with Crippen molar-refractivity contribution in [3.63, 3.8) is 0 Å². The number of amides is 1. The van der Waals surface area contributed by atoms with E-state index in [1.807, 2.05) is 13.8 Å². The summed E-state index contributed by atoms with van der Waals surface area (Å²) in [5.74, 6) is -0.138. The summed E-state index contributed by atoms with van der Waals surface area (Å²) in [5.41, 5.74) is 0.756. The predicted octanol–water partition coefficient (Wildman–Crippen LogP) is 1.45. The van der Waals surface area contributed by atoms with Gasteiger partial charge in [-0.25, -0.2) is 0 Å². The van der Waals surface area contributed by atoms with Gasteiger partial charge >= 0.3 is 0 Å². The van der Waals surface area contributed by atoms with Crippen LogP contribution in [0.2, 0.25) is 0 Å². The van der Waals surface area contributed by atoms with Crippen LogP contribution in [0, 0.1) is 6.92 Å². The van der Waals surface area contributed by atoms with Crippen LogP contribution in [0.25, 0.3) is 0 Å². The van der Waals surface area contributed by atoms with Crippen molar-refractivity contribution in [1.29, 1.82) is 0 Å². The Bertz CT molecular complexity index is 440. The van der Waals surface area contributed by atoms with Crippen LogP contribution in [-0.2, 0) is 11.3 Å². The summed E-state index contributed by atoms with van der Waals surface area (Å²) in [4.78, 5) is 23.1. The molecule has 0 atom stereocenters. The van der Waals surface area contributed by atoms with Crippen LogP contribution >= 0.6 is 15.9 Å². The number of hydrogen-bond acceptors (Lipinski definition) is 2. The lowest BCUT2D eigenvalue weighted by Crippen LogP contribution is -2.32. The third-order valence-corrected chi connectivity index (χ3v) is 2.63. The molecule has 0 aromatic carbocycles. The standard InChI is InChI=1S/C11H15BrN2O2/c1-3-4-13-10(15)7-14-6-8(2)5-9(12)11(14)16/h5-6H,3-4,7H2,1-2H3,(H,13,15). The molecule has 1 N–H and O–H groups in total. The van der Waals surface area contributed by atoms with Crippen molar-refractivity contribution >= 4 is 21.8 Å². The number of nitrogens with zero attached hydrogens (tertiary/aromatic N) is 1. The summed E-state index contributed by atoms with van der Waals surface area (Å²) in [6.07, 6.45) is 2.57. The molecule has 88 valence electrons. The maximum absolute atomic E-state index is 11.7. The third kappa shape index (κ3) is 3.48. The topological polar surface area (TPSA) is 51.1 Å². The van der Waals surface area contributed by atoms with Crippen LogP contribution in [0.3, 0.4) is 0 Å². The van der Waals surface area contributed by atoms with Gasteiger partial charge in [0.05, 0.1) is 4.47 Å². The van der Waals surface area contributed by atoms with E-state index in [0.717, 1.165) is 12.0 Å². The molecule has 0 aliphatic rings. The molecule has 16 heavy (non-hydrogen) atoms. The highest BCUT2D eigenvalue weighted by molar-refractivity contribution is 9.10. The van der Waals surface area contributed by atoms with E-state index in [9.17, 15) is 9.59 Å². The summed E-state index contributed by atoms with van der Waals surface area (Å²) in [6, 6.07) is 1.74. The maximum atomic E-state index is 11.7. The van der Waals surface area contributed by atoms with Gasteiger partial charge in [-0.15, -0.1) is 0 Å². The Morgan fingerprint density at radius 1 is 1.56 bits per heavy atom. The normalized spacial score (nSPS) is 10.2. The zero-order valence-electron chi connectivity index (χ0n) is 9.42. The molecule has 1 amide bonds. The fraction of sp³-hybridized carbons (Fsp3) is 0.455. The summed E-state index contributed by atoms with van der Waals surface area (Å²) in [7, 11) is 0. The summed E-state index contributed by atoms with van der Waals surface area (Å²) in [6.45, 7) is 4.57. The number of halogens is 1. The first-order chi connectivity index (χ1) is 7.54. The highest BCUT2D eigenvalue weighted by Gasteiger charge is 2.06. The highest BCUT2D eigenvalue weighted by Crippen LogP contribution is 2.05. The molecule has 0 fully saturated rings. The molecule has 0 aliphatic carbocycles. The van der Waals surface area contributed by atoms with Crippen molar-refractivity contribution in [3.05, 3.63) is 32.7 Å². The lowest BCUT2D eigenvalue weighted by atomic mass is 10.3. The minimum Gasteiger partial charge on any atom is -0.355 e. The number of pyridine rings is 1. The average molecular weight is 287 g/mol. The number of aromatic nitrogens is 1. The Morgan fingerprint density at radius 3 is 2.88 bits per heavy atom. The molecule has 0 aliphatic heterocycles. The lowest BCUT2D eigenvalue weighted by molar-refractivity contribution is -0.121. The van der Waals surface area contributed by atoms with Crippen LogP contribution in [-0.4, -0.2) is 17.0 Å². The first kappa shape index (κ1) is 13.0. The molecule has 1 heterocycles. The molecule has 5 heteroatoms. The molecule has 0 saturated heterocycles. The van der Waals surface area contributed by atoms with Crippen molar-refractivity contribution < 1.29 is 4.79 Å². The zero-order chi connectivity index (χ0) is 12.1. The second-order valence-electron chi connectivity index (χ2n) is 3.65. The fourth-order valence-electron chi connectivity index (χ4n) is 1.33. The average Bonchev–Trinajstić information content (AvgIpc) is 2.22. The number of aryl methyl sites for hydroxylation is 1. The molecule has 0 saturated carbocycles. The molecule has 0 unspecified atom stereocenters. The number of hydrogen-bond donors (Lipinski definition) is 1. The lowest BCUT2D eigenvalue weighted by Gasteiger charge is -2.08. The summed E-state index contributed by atoms with van der Waals surface area (Å²) < 4.78 is 1.89. The molecule has 1 rings (SSSR count). The largest absolute Gasteiger partial charge is 0.355 e. The quantitative estimate of drug-likeness (QED) is 0.911. The van der Waals surface area contributed by atoms with Gasteiger partial charge in [-0.1, -0.05) is 6.92 Å². The molecule has 0 radical (unpaired) electrons. The number of carbonyl (C=O) groups is 1. The van der Waals surface area contributed by atoms with Gasteiger partial charge in [0, 0.05) is 12.7 Å². The molecular weight excluding hydrogens is 272 g/mol. The van der Waals surface area contributed by atoms with Crippen LogP contribution in [0.4, 0.5) is 0 Å². The van der Waals surface area contributed by atoms with Crippen molar-refractivity contribution in [2.45, 2.75) is 26.8 Å². The first-order valence-electron chi connectivity index (χ1n) is 5.18. The first-order valence-corrected chi connectivity index (χ1v) is 5.97. The Hall–Kier alpha value is -1.10. The van der Waals surface area contributed by atoms with Gasteiger partial charge in [-0.2, -0.15) is 0 Å². The van der Waals surface area contributed by atoms with Crippen LogP contribution in [0.5, 0.6) is 0 Å². The minimum atomic E-state index is -0.183. The SMILES string of the molecule is CCCNC(=O)Cn1cc(C)cc(Br)c1=O. The van der Waals surface area contributed by atoms with Gasteiger partial charge in [0.2, 0.25) is 5.91 Å². The van der Waals surface area contributed by atoms with Gasteiger partial charge in [0.15, 0.2) is 0 Å². The molecule has 4 nitrogen and oxygen atoms in total. The zero-order valence-corrected chi connectivity index (χ0v) is 11.0. The van der Waals surface area contributed by atoms with Gasteiger partial charge in [0.1, 0.15) is 6.54 Å². The van der Waals surface area contributed by atoms with Crippen LogP contribution in [0.15, 0.2) is 21.5 Å². The fourth-order valence-corrected chi connectivity index (χ4v) is 1.92. The number of nitrogens with one attached hydrogen (secondary N) is 1. The third-order valence-electron chi connectivity index (χ3n) is 2.07. The molecule has 1 aromatic heterocycles. The van der Waals surface area contributed by atoms with Crippen molar-refractivity contribution in [1.82, 2.24) is 9.88 Å². The molecule has 0 bridgehead atoms. The van der Waals surface area contributed by atoms with E-state index >= 15 is 0 Å². The number of carbonyl (C=O) groups excluding carboxylic acids is 1. The monoisotopic (exact) mass is 286 g/mol. The van der Waals surface area contributed by atoms with E-state index < -0.39 is 0 Å². The van der Waals surface area contributed by atoms with E-state index in [2.05, 4.69) is 21.2 Å². The Labute approximate surface area is 103 Å².